The van der Waals surface area contributed by atoms with Crippen molar-refractivity contribution in [3.63, 3.8) is 0 Å². The number of aliphatic hydroxyl groups is 1. The molecule has 17 heavy (non-hydrogen) atoms. The first-order chi connectivity index (χ1) is 8.33. The highest BCUT2D eigenvalue weighted by atomic mass is 16.3. The summed E-state index contributed by atoms with van der Waals surface area (Å²) >= 11 is 0. The molecule has 1 aliphatic heterocycles. The van der Waals surface area contributed by atoms with E-state index in [1.807, 2.05) is 0 Å². The molecule has 1 saturated heterocycles. The summed E-state index contributed by atoms with van der Waals surface area (Å²) in [6.07, 6.45) is 9.44. The minimum Gasteiger partial charge on any atom is -0.395 e. The van der Waals surface area contributed by atoms with Crippen LogP contribution in [0.4, 0.5) is 0 Å². The largest absolute Gasteiger partial charge is 0.395 e. The Balaban J connectivity index is 2.05. The van der Waals surface area contributed by atoms with Gasteiger partial charge in [-0.2, -0.15) is 0 Å². The molecule has 2 N–H and O–H groups in total. The fourth-order valence-electron chi connectivity index (χ4n) is 3.57. The van der Waals surface area contributed by atoms with Gasteiger partial charge in [-0.05, 0) is 32.7 Å². The normalized spacial score (nSPS) is 34.2. The smallest absolute Gasteiger partial charge is 0.0599 e. The van der Waals surface area contributed by atoms with Gasteiger partial charge in [-0.1, -0.05) is 25.7 Å². The Hall–Kier alpha value is -0.120. The molecule has 0 aromatic heterocycles. The highest BCUT2D eigenvalue weighted by molar-refractivity contribution is 4.88. The van der Waals surface area contributed by atoms with E-state index in [4.69, 9.17) is 0 Å². The zero-order valence-electron chi connectivity index (χ0n) is 11.2. The van der Waals surface area contributed by atoms with Crippen LogP contribution in [0, 0.1) is 0 Å². The predicted molar refractivity (Wildman–Crippen MR) is 71.2 cm³/mol. The maximum atomic E-state index is 9.62. The van der Waals surface area contributed by atoms with Gasteiger partial charge in [0.25, 0.3) is 0 Å². The molecule has 2 fully saturated rings. The molecule has 0 bridgehead atoms. The second-order valence-corrected chi connectivity index (χ2v) is 5.77. The second-order valence-electron chi connectivity index (χ2n) is 5.77. The van der Waals surface area contributed by atoms with E-state index in [1.165, 1.54) is 44.9 Å². The van der Waals surface area contributed by atoms with Crippen molar-refractivity contribution >= 4 is 0 Å². The minimum atomic E-state index is 0.299. The van der Waals surface area contributed by atoms with Crippen LogP contribution < -0.4 is 5.32 Å². The van der Waals surface area contributed by atoms with E-state index in [2.05, 4.69) is 17.1 Å². The molecule has 3 nitrogen and oxygen atoms in total. The lowest BCUT2D eigenvalue weighted by Gasteiger charge is -2.40. The van der Waals surface area contributed by atoms with Crippen LogP contribution in [0.5, 0.6) is 0 Å². The second kappa shape index (κ2) is 6.72. The van der Waals surface area contributed by atoms with Gasteiger partial charge in [0.2, 0.25) is 0 Å². The van der Waals surface area contributed by atoms with Crippen LogP contribution in [-0.2, 0) is 0 Å². The van der Waals surface area contributed by atoms with E-state index >= 15 is 0 Å². The third-order valence-electron chi connectivity index (χ3n) is 4.51. The van der Waals surface area contributed by atoms with E-state index in [0.29, 0.717) is 24.7 Å². The van der Waals surface area contributed by atoms with E-state index in [-0.39, 0.29) is 0 Å². The Morgan fingerprint density at radius 3 is 2.47 bits per heavy atom. The topological polar surface area (TPSA) is 35.5 Å². The highest BCUT2D eigenvalue weighted by Crippen LogP contribution is 2.26. The van der Waals surface area contributed by atoms with Gasteiger partial charge in [0, 0.05) is 24.7 Å². The molecule has 0 spiro atoms. The molecule has 100 valence electrons. The summed E-state index contributed by atoms with van der Waals surface area (Å²) in [5.41, 5.74) is 0. The number of hydrogen-bond donors (Lipinski definition) is 2. The van der Waals surface area contributed by atoms with Gasteiger partial charge >= 0.3 is 0 Å². The zero-order chi connectivity index (χ0) is 12.1. The standard InChI is InChI=1S/C14H28N2O/c1-12-8-9-15-10-14(11-17)16(12)13-6-4-2-3-5-7-13/h12-15,17H,2-11H2,1H3. The van der Waals surface area contributed by atoms with Gasteiger partial charge in [-0.25, -0.2) is 0 Å². The van der Waals surface area contributed by atoms with E-state index < -0.39 is 0 Å². The Bertz CT molecular complexity index is 214. The number of rotatable bonds is 2. The Morgan fingerprint density at radius 2 is 1.82 bits per heavy atom. The Labute approximate surface area is 106 Å². The van der Waals surface area contributed by atoms with Crippen molar-refractivity contribution in [2.75, 3.05) is 19.7 Å². The van der Waals surface area contributed by atoms with Gasteiger partial charge < -0.3 is 10.4 Å². The molecule has 0 aromatic rings. The summed E-state index contributed by atoms with van der Waals surface area (Å²) < 4.78 is 0. The lowest BCUT2D eigenvalue weighted by molar-refractivity contribution is 0.0500. The van der Waals surface area contributed by atoms with E-state index in [0.717, 1.165) is 13.1 Å². The van der Waals surface area contributed by atoms with Crippen LogP contribution in [0.15, 0.2) is 0 Å². The molecule has 2 unspecified atom stereocenters. The molecular formula is C14H28N2O. The van der Waals surface area contributed by atoms with E-state index in [1.54, 1.807) is 0 Å². The van der Waals surface area contributed by atoms with Crippen molar-refractivity contribution in [3.05, 3.63) is 0 Å². The van der Waals surface area contributed by atoms with Gasteiger partial charge in [0.15, 0.2) is 0 Å². The van der Waals surface area contributed by atoms with Crippen LogP contribution in [0.3, 0.4) is 0 Å². The molecule has 1 heterocycles. The lowest BCUT2D eigenvalue weighted by Crippen LogP contribution is -2.51. The Morgan fingerprint density at radius 1 is 1.12 bits per heavy atom. The van der Waals surface area contributed by atoms with Crippen LogP contribution >= 0.6 is 0 Å². The summed E-state index contributed by atoms with van der Waals surface area (Å²) in [5.74, 6) is 0. The molecule has 2 atom stereocenters. The summed E-state index contributed by atoms with van der Waals surface area (Å²) in [5, 5.41) is 13.1. The summed E-state index contributed by atoms with van der Waals surface area (Å²) in [4.78, 5) is 2.63. The Kier molecular flexibility index (Phi) is 5.26. The molecule has 0 radical (unpaired) electrons. The number of aliphatic hydroxyl groups excluding tert-OH is 1. The molecule has 2 aliphatic rings. The van der Waals surface area contributed by atoms with Gasteiger partial charge in [0.1, 0.15) is 0 Å². The van der Waals surface area contributed by atoms with Crippen LogP contribution in [0.1, 0.15) is 51.9 Å². The first-order valence-corrected chi connectivity index (χ1v) is 7.42. The molecular weight excluding hydrogens is 212 g/mol. The maximum Gasteiger partial charge on any atom is 0.0599 e. The zero-order valence-corrected chi connectivity index (χ0v) is 11.2. The van der Waals surface area contributed by atoms with Crippen LogP contribution in [0.25, 0.3) is 0 Å². The monoisotopic (exact) mass is 240 g/mol. The fraction of sp³-hybridized carbons (Fsp3) is 1.00. The SMILES string of the molecule is CC1CCNCC(CO)N1C1CCCCCC1. The summed E-state index contributed by atoms with van der Waals surface area (Å²) in [6.45, 7) is 4.69. The van der Waals surface area contributed by atoms with Crippen molar-refractivity contribution in [1.82, 2.24) is 10.2 Å². The number of nitrogens with one attached hydrogen (secondary N) is 1. The first-order valence-electron chi connectivity index (χ1n) is 7.42. The van der Waals surface area contributed by atoms with Crippen molar-refractivity contribution in [2.24, 2.45) is 0 Å². The number of hydrogen-bond acceptors (Lipinski definition) is 3. The van der Waals surface area contributed by atoms with Gasteiger partial charge in [0.05, 0.1) is 6.61 Å². The quantitative estimate of drug-likeness (QED) is 0.722. The molecule has 0 amide bonds. The van der Waals surface area contributed by atoms with E-state index in [9.17, 15) is 5.11 Å². The molecule has 1 aliphatic carbocycles. The van der Waals surface area contributed by atoms with Gasteiger partial charge in [-0.3, -0.25) is 4.90 Å². The third kappa shape index (κ3) is 3.43. The number of nitrogens with zero attached hydrogens (tertiary/aromatic N) is 1. The van der Waals surface area contributed by atoms with Crippen molar-refractivity contribution < 1.29 is 5.11 Å². The van der Waals surface area contributed by atoms with Crippen molar-refractivity contribution in [1.29, 1.82) is 0 Å². The third-order valence-corrected chi connectivity index (χ3v) is 4.51. The molecule has 3 heteroatoms. The molecule has 0 aromatic carbocycles. The van der Waals surface area contributed by atoms with Crippen LogP contribution in [-0.4, -0.2) is 47.8 Å². The molecule has 1 saturated carbocycles. The molecule has 2 rings (SSSR count). The lowest BCUT2D eigenvalue weighted by atomic mass is 10.0. The summed E-state index contributed by atoms with van der Waals surface area (Å²) in [6, 6.07) is 1.66. The average Bonchev–Trinajstić information content (AvgIpc) is 2.69. The maximum absolute atomic E-state index is 9.62. The van der Waals surface area contributed by atoms with Crippen molar-refractivity contribution in [2.45, 2.75) is 70.0 Å². The minimum absolute atomic E-state index is 0.299. The van der Waals surface area contributed by atoms with Crippen LogP contribution in [0.2, 0.25) is 0 Å². The average molecular weight is 240 g/mol. The highest BCUT2D eigenvalue weighted by Gasteiger charge is 2.31. The first kappa shape index (κ1) is 13.3. The van der Waals surface area contributed by atoms with Crippen molar-refractivity contribution in [3.8, 4) is 0 Å². The fourth-order valence-corrected chi connectivity index (χ4v) is 3.57. The predicted octanol–water partition coefficient (Wildman–Crippen LogP) is 1.75. The van der Waals surface area contributed by atoms with Gasteiger partial charge in [-0.15, -0.1) is 0 Å². The summed E-state index contributed by atoms with van der Waals surface area (Å²) in [7, 11) is 0.